The highest BCUT2D eigenvalue weighted by atomic mass is 16.2. The summed E-state index contributed by atoms with van der Waals surface area (Å²) >= 11 is 0. The van der Waals surface area contributed by atoms with Crippen LogP contribution in [-0.4, -0.2) is 34.9 Å². The van der Waals surface area contributed by atoms with Gasteiger partial charge in [0.15, 0.2) is 0 Å². The number of aryl methyl sites for hydroxylation is 1. The average molecular weight is 261 g/mol. The van der Waals surface area contributed by atoms with Gasteiger partial charge in [-0.05, 0) is 45.2 Å². The number of aromatic nitrogens is 1. The molecule has 4 heteroatoms. The SMILES string of the molecule is CCN(CC)C(=O)C(C)NC1CCc2cccnc21. The third-order valence-electron chi connectivity index (χ3n) is 3.86. The molecule has 0 aliphatic heterocycles. The summed E-state index contributed by atoms with van der Waals surface area (Å²) in [5.74, 6) is 0.175. The first-order valence-electron chi connectivity index (χ1n) is 7.16. The molecule has 1 amide bonds. The molecular formula is C15H23N3O. The molecule has 0 bridgehead atoms. The van der Waals surface area contributed by atoms with Crippen LogP contribution in [0.1, 0.15) is 44.5 Å². The Kier molecular flexibility index (Phi) is 4.53. The number of likely N-dealkylation sites (N-methyl/N-ethyl adjacent to an activating group) is 1. The van der Waals surface area contributed by atoms with Gasteiger partial charge in [-0.25, -0.2) is 0 Å². The normalized spacial score (nSPS) is 19.0. The number of amides is 1. The van der Waals surface area contributed by atoms with Crippen LogP contribution in [-0.2, 0) is 11.2 Å². The molecule has 2 unspecified atom stereocenters. The minimum atomic E-state index is -0.155. The second-order valence-corrected chi connectivity index (χ2v) is 5.04. The van der Waals surface area contributed by atoms with Crippen molar-refractivity contribution in [1.29, 1.82) is 0 Å². The van der Waals surface area contributed by atoms with Crippen LogP contribution in [0.5, 0.6) is 0 Å². The first-order chi connectivity index (χ1) is 9.17. The zero-order chi connectivity index (χ0) is 13.8. The maximum Gasteiger partial charge on any atom is 0.239 e. The molecule has 0 saturated heterocycles. The Labute approximate surface area is 115 Å². The Bertz CT molecular complexity index is 443. The Balaban J connectivity index is 2.01. The summed E-state index contributed by atoms with van der Waals surface area (Å²) in [5.41, 5.74) is 2.42. The van der Waals surface area contributed by atoms with E-state index in [4.69, 9.17) is 0 Å². The molecule has 1 heterocycles. The van der Waals surface area contributed by atoms with Crippen LogP contribution in [0.3, 0.4) is 0 Å². The number of hydrogen-bond donors (Lipinski definition) is 1. The van der Waals surface area contributed by atoms with Crippen molar-refractivity contribution in [3.05, 3.63) is 29.6 Å². The monoisotopic (exact) mass is 261 g/mol. The summed E-state index contributed by atoms with van der Waals surface area (Å²) in [7, 11) is 0. The van der Waals surface area contributed by atoms with Gasteiger partial charge in [0.05, 0.1) is 17.8 Å². The van der Waals surface area contributed by atoms with Gasteiger partial charge in [0.2, 0.25) is 5.91 Å². The van der Waals surface area contributed by atoms with Crippen LogP contribution in [0.2, 0.25) is 0 Å². The second kappa shape index (κ2) is 6.15. The highest BCUT2D eigenvalue weighted by Crippen LogP contribution is 2.29. The Hall–Kier alpha value is -1.42. The van der Waals surface area contributed by atoms with Gasteiger partial charge >= 0.3 is 0 Å². The van der Waals surface area contributed by atoms with E-state index in [1.165, 1.54) is 5.56 Å². The van der Waals surface area contributed by atoms with Gasteiger partial charge in [0.1, 0.15) is 0 Å². The maximum absolute atomic E-state index is 12.2. The highest BCUT2D eigenvalue weighted by molar-refractivity contribution is 5.81. The van der Waals surface area contributed by atoms with Gasteiger partial charge in [-0.1, -0.05) is 6.07 Å². The van der Waals surface area contributed by atoms with Gasteiger partial charge in [0, 0.05) is 19.3 Å². The van der Waals surface area contributed by atoms with Crippen molar-refractivity contribution in [3.8, 4) is 0 Å². The third kappa shape index (κ3) is 2.95. The van der Waals surface area contributed by atoms with Crippen LogP contribution in [0, 0.1) is 0 Å². The fraction of sp³-hybridized carbons (Fsp3) is 0.600. The van der Waals surface area contributed by atoms with E-state index in [0.29, 0.717) is 0 Å². The van der Waals surface area contributed by atoms with Crippen molar-refractivity contribution in [1.82, 2.24) is 15.2 Å². The predicted molar refractivity (Wildman–Crippen MR) is 75.8 cm³/mol. The van der Waals surface area contributed by atoms with E-state index in [1.54, 1.807) is 0 Å². The maximum atomic E-state index is 12.2. The van der Waals surface area contributed by atoms with Crippen LogP contribution >= 0.6 is 0 Å². The molecule has 2 atom stereocenters. The smallest absolute Gasteiger partial charge is 0.239 e. The molecule has 1 aliphatic rings. The van der Waals surface area contributed by atoms with E-state index in [-0.39, 0.29) is 18.0 Å². The standard InChI is InChI=1S/C15H23N3O/c1-4-18(5-2)15(19)11(3)17-13-9-8-12-7-6-10-16-14(12)13/h6-7,10-11,13,17H,4-5,8-9H2,1-3H3. The lowest BCUT2D eigenvalue weighted by atomic mass is 10.1. The van der Waals surface area contributed by atoms with Crippen LogP contribution in [0.15, 0.2) is 18.3 Å². The molecule has 4 nitrogen and oxygen atoms in total. The molecular weight excluding hydrogens is 238 g/mol. The number of nitrogens with zero attached hydrogens (tertiary/aromatic N) is 2. The summed E-state index contributed by atoms with van der Waals surface area (Å²) in [4.78, 5) is 18.6. The topological polar surface area (TPSA) is 45.2 Å². The van der Waals surface area contributed by atoms with E-state index in [9.17, 15) is 4.79 Å². The molecule has 0 aromatic carbocycles. The molecule has 1 aromatic rings. The lowest BCUT2D eigenvalue weighted by molar-refractivity contribution is -0.132. The second-order valence-electron chi connectivity index (χ2n) is 5.04. The van der Waals surface area contributed by atoms with Gasteiger partial charge in [-0.15, -0.1) is 0 Å². The van der Waals surface area contributed by atoms with Crippen molar-refractivity contribution >= 4 is 5.91 Å². The summed E-state index contributed by atoms with van der Waals surface area (Å²) < 4.78 is 0. The van der Waals surface area contributed by atoms with Crippen molar-refractivity contribution in [3.63, 3.8) is 0 Å². The van der Waals surface area contributed by atoms with Crippen molar-refractivity contribution in [2.24, 2.45) is 0 Å². The molecule has 0 spiro atoms. The third-order valence-corrected chi connectivity index (χ3v) is 3.86. The number of carbonyl (C=O) groups excluding carboxylic acids is 1. The van der Waals surface area contributed by atoms with Crippen molar-refractivity contribution in [2.45, 2.75) is 45.7 Å². The Morgan fingerprint density at radius 3 is 2.95 bits per heavy atom. The molecule has 0 radical (unpaired) electrons. The van der Waals surface area contributed by atoms with Gasteiger partial charge in [-0.3, -0.25) is 15.1 Å². The number of hydrogen-bond acceptors (Lipinski definition) is 3. The van der Waals surface area contributed by atoms with E-state index in [1.807, 2.05) is 37.9 Å². The fourth-order valence-corrected chi connectivity index (χ4v) is 2.76. The molecule has 2 rings (SSSR count). The zero-order valence-corrected chi connectivity index (χ0v) is 12.0. The van der Waals surface area contributed by atoms with E-state index >= 15 is 0 Å². The average Bonchev–Trinajstić information content (AvgIpc) is 2.83. The Morgan fingerprint density at radius 1 is 1.53 bits per heavy atom. The number of pyridine rings is 1. The number of fused-ring (bicyclic) bond motifs is 1. The lowest BCUT2D eigenvalue weighted by Crippen LogP contribution is -2.45. The van der Waals surface area contributed by atoms with E-state index in [2.05, 4.69) is 16.4 Å². The molecule has 1 aliphatic carbocycles. The quantitative estimate of drug-likeness (QED) is 0.880. The summed E-state index contributed by atoms with van der Waals surface area (Å²) in [5, 5.41) is 3.43. The van der Waals surface area contributed by atoms with Gasteiger partial charge in [-0.2, -0.15) is 0 Å². The van der Waals surface area contributed by atoms with Crippen molar-refractivity contribution in [2.75, 3.05) is 13.1 Å². The van der Waals surface area contributed by atoms with Crippen LogP contribution in [0.4, 0.5) is 0 Å². The predicted octanol–water partition coefficient (Wildman–Crippen LogP) is 1.92. The zero-order valence-electron chi connectivity index (χ0n) is 12.0. The number of nitrogens with one attached hydrogen (secondary N) is 1. The first kappa shape index (κ1) is 14.0. The lowest BCUT2D eigenvalue weighted by Gasteiger charge is -2.25. The molecule has 1 aromatic heterocycles. The minimum Gasteiger partial charge on any atom is -0.342 e. The first-order valence-corrected chi connectivity index (χ1v) is 7.16. The van der Waals surface area contributed by atoms with E-state index in [0.717, 1.165) is 31.6 Å². The number of carbonyl (C=O) groups is 1. The fourth-order valence-electron chi connectivity index (χ4n) is 2.76. The highest BCUT2D eigenvalue weighted by Gasteiger charge is 2.27. The van der Waals surface area contributed by atoms with Crippen LogP contribution in [0.25, 0.3) is 0 Å². The largest absolute Gasteiger partial charge is 0.342 e. The minimum absolute atomic E-state index is 0.155. The molecule has 0 saturated carbocycles. The van der Waals surface area contributed by atoms with Gasteiger partial charge < -0.3 is 4.90 Å². The molecule has 19 heavy (non-hydrogen) atoms. The molecule has 104 valence electrons. The number of rotatable bonds is 5. The Morgan fingerprint density at radius 2 is 2.26 bits per heavy atom. The van der Waals surface area contributed by atoms with E-state index < -0.39 is 0 Å². The molecule has 1 N–H and O–H groups in total. The summed E-state index contributed by atoms with van der Waals surface area (Å²) in [6, 6.07) is 4.16. The summed E-state index contributed by atoms with van der Waals surface area (Å²) in [6.07, 6.45) is 3.91. The summed E-state index contributed by atoms with van der Waals surface area (Å²) in [6.45, 7) is 7.50. The van der Waals surface area contributed by atoms with Crippen molar-refractivity contribution < 1.29 is 4.79 Å². The molecule has 0 fully saturated rings. The van der Waals surface area contributed by atoms with Crippen LogP contribution < -0.4 is 5.32 Å². The van der Waals surface area contributed by atoms with Gasteiger partial charge in [0.25, 0.3) is 0 Å².